The van der Waals surface area contributed by atoms with E-state index in [9.17, 15) is 0 Å². The lowest BCUT2D eigenvalue weighted by molar-refractivity contribution is 1.18. The molecule has 0 aliphatic rings. The molecule has 10 rings (SSSR count). The van der Waals surface area contributed by atoms with Crippen LogP contribution in [0.4, 0.5) is 0 Å². The van der Waals surface area contributed by atoms with Gasteiger partial charge in [-0.25, -0.2) is 0 Å². The molecule has 46 heavy (non-hydrogen) atoms. The third-order valence-electron chi connectivity index (χ3n) is 9.59. The van der Waals surface area contributed by atoms with Crippen molar-refractivity contribution in [1.82, 2.24) is 4.57 Å². The molecular formula is C44H27NS. The minimum absolute atomic E-state index is 1.17. The van der Waals surface area contributed by atoms with Crippen molar-refractivity contribution in [3.05, 3.63) is 164 Å². The maximum atomic E-state index is 2.41. The van der Waals surface area contributed by atoms with Crippen LogP contribution in [0.5, 0.6) is 0 Å². The number of hydrogen-bond donors (Lipinski definition) is 0. The molecule has 10 aromatic rings. The van der Waals surface area contributed by atoms with E-state index in [4.69, 9.17) is 0 Å². The maximum absolute atomic E-state index is 2.41. The summed E-state index contributed by atoms with van der Waals surface area (Å²) in [5.74, 6) is 0. The molecule has 0 aliphatic carbocycles. The minimum atomic E-state index is 1.17. The fourth-order valence-corrected chi connectivity index (χ4v) is 8.71. The van der Waals surface area contributed by atoms with E-state index in [0.29, 0.717) is 0 Å². The number of hydrogen-bond acceptors (Lipinski definition) is 1. The van der Waals surface area contributed by atoms with Crippen molar-refractivity contribution in [1.29, 1.82) is 0 Å². The minimum Gasteiger partial charge on any atom is -0.309 e. The molecule has 2 heterocycles. The third kappa shape index (κ3) is 3.74. The molecule has 0 saturated heterocycles. The van der Waals surface area contributed by atoms with Gasteiger partial charge in [-0.15, -0.1) is 11.3 Å². The van der Waals surface area contributed by atoms with Gasteiger partial charge in [-0.05, 0) is 86.3 Å². The van der Waals surface area contributed by atoms with Gasteiger partial charge in [0.1, 0.15) is 0 Å². The molecule has 8 aromatic carbocycles. The first-order chi connectivity index (χ1) is 22.8. The van der Waals surface area contributed by atoms with Crippen LogP contribution in [0.15, 0.2) is 164 Å². The van der Waals surface area contributed by atoms with E-state index in [0.717, 1.165) is 0 Å². The topological polar surface area (TPSA) is 4.93 Å². The molecule has 0 N–H and O–H groups in total. The first kappa shape index (κ1) is 25.6. The van der Waals surface area contributed by atoms with Crippen LogP contribution in [0.1, 0.15) is 0 Å². The van der Waals surface area contributed by atoms with E-state index >= 15 is 0 Å². The average molecular weight is 602 g/mol. The molecule has 0 spiro atoms. The highest BCUT2D eigenvalue weighted by atomic mass is 32.1. The average Bonchev–Trinajstić information content (AvgIpc) is 3.67. The lowest BCUT2D eigenvalue weighted by Crippen LogP contribution is -1.94. The van der Waals surface area contributed by atoms with E-state index in [2.05, 4.69) is 168 Å². The quantitative estimate of drug-likeness (QED) is 0.178. The van der Waals surface area contributed by atoms with E-state index in [1.807, 2.05) is 11.3 Å². The zero-order valence-electron chi connectivity index (χ0n) is 24.9. The second-order valence-electron chi connectivity index (χ2n) is 12.1. The van der Waals surface area contributed by atoms with Gasteiger partial charge < -0.3 is 4.57 Å². The molecule has 2 heteroatoms. The number of benzene rings is 8. The van der Waals surface area contributed by atoms with Gasteiger partial charge in [0.15, 0.2) is 0 Å². The molecular weight excluding hydrogens is 575 g/mol. The van der Waals surface area contributed by atoms with Gasteiger partial charge in [0.2, 0.25) is 0 Å². The molecule has 1 nitrogen and oxygen atoms in total. The van der Waals surface area contributed by atoms with Gasteiger partial charge in [0.25, 0.3) is 0 Å². The van der Waals surface area contributed by atoms with Crippen LogP contribution in [0.3, 0.4) is 0 Å². The molecule has 0 aliphatic heterocycles. The second-order valence-corrected chi connectivity index (χ2v) is 13.2. The molecule has 214 valence electrons. The zero-order valence-corrected chi connectivity index (χ0v) is 25.8. The molecule has 0 atom stereocenters. The zero-order chi connectivity index (χ0) is 30.2. The molecule has 0 unspecified atom stereocenters. The van der Waals surface area contributed by atoms with Crippen LogP contribution in [-0.4, -0.2) is 4.57 Å². The van der Waals surface area contributed by atoms with Crippen molar-refractivity contribution in [2.75, 3.05) is 0 Å². The van der Waals surface area contributed by atoms with Gasteiger partial charge in [0, 0.05) is 36.6 Å². The maximum Gasteiger partial charge on any atom is 0.0541 e. The number of aromatic nitrogens is 1. The highest BCUT2D eigenvalue weighted by Crippen LogP contribution is 2.42. The van der Waals surface area contributed by atoms with E-state index in [-0.39, 0.29) is 0 Å². The summed E-state index contributed by atoms with van der Waals surface area (Å²) in [6, 6.07) is 60.2. The van der Waals surface area contributed by atoms with Gasteiger partial charge in [0.05, 0.1) is 11.0 Å². The van der Waals surface area contributed by atoms with Crippen molar-refractivity contribution < 1.29 is 0 Å². The van der Waals surface area contributed by atoms with Gasteiger partial charge in [-0.1, -0.05) is 121 Å². The van der Waals surface area contributed by atoms with Crippen LogP contribution in [0.2, 0.25) is 0 Å². The van der Waals surface area contributed by atoms with Crippen molar-refractivity contribution in [2.24, 2.45) is 0 Å². The van der Waals surface area contributed by atoms with E-state index < -0.39 is 0 Å². The fraction of sp³-hybridized carbons (Fsp3) is 0. The number of para-hydroxylation sites is 1. The third-order valence-corrected chi connectivity index (χ3v) is 10.8. The number of thiophene rings is 1. The Balaban J connectivity index is 1.13. The SMILES string of the molecule is c1ccc2c(c1)cc(-c1ccc(-n3c4ccccc4c4cc(-c5cccc6c5sc5ccccc56)ccc43)cc1)c1ccccc12. The molecule has 0 saturated carbocycles. The Morgan fingerprint density at radius 2 is 1.02 bits per heavy atom. The van der Waals surface area contributed by atoms with E-state index in [1.54, 1.807) is 0 Å². The van der Waals surface area contributed by atoms with Crippen molar-refractivity contribution >= 4 is 74.9 Å². The number of fused-ring (bicyclic) bond motifs is 9. The van der Waals surface area contributed by atoms with E-state index in [1.165, 1.54) is 91.5 Å². The van der Waals surface area contributed by atoms with Crippen LogP contribution in [0, 0.1) is 0 Å². The highest BCUT2D eigenvalue weighted by molar-refractivity contribution is 7.26. The van der Waals surface area contributed by atoms with Crippen molar-refractivity contribution in [3.8, 4) is 27.9 Å². The summed E-state index contributed by atoms with van der Waals surface area (Å²) in [5.41, 5.74) is 8.65. The molecule has 0 amide bonds. The van der Waals surface area contributed by atoms with Crippen LogP contribution >= 0.6 is 11.3 Å². The summed E-state index contributed by atoms with van der Waals surface area (Å²) in [7, 11) is 0. The summed E-state index contributed by atoms with van der Waals surface area (Å²) >= 11 is 1.89. The number of nitrogens with zero attached hydrogens (tertiary/aromatic N) is 1. The van der Waals surface area contributed by atoms with Crippen molar-refractivity contribution in [3.63, 3.8) is 0 Å². The Labute approximate surface area is 270 Å². The van der Waals surface area contributed by atoms with Gasteiger partial charge in [-0.3, -0.25) is 0 Å². The summed E-state index contributed by atoms with van der Waals surface area (Å²) in [4.78, 5) is 0. The first-order valence-electron chi connectivity index (χ1n) is 15.8. The smallest absolute Gasteiger partial charge is 0.0541 e. The standard InChI is InChI=1S/C44H27NS/c1-2-11-32-29(10-1)26-39(35-13-4-3-12-34(32)35)28-20-23-31(24-21-28)45-41-18-7-5-14-36(41)40-27-30(22-25-42(40)45)33-16-9-17-38-37-15-6-8-19-43(37)46-44(33)38/h1-27H. The summed E-state index contributed by atoms with van der Waals surface area (Å²) < 4.78 is 5.10. The molecule has 2 aromatic heterocycles. The Morgan fingerprint density at radius 3 is 1.89 bits per heavy atom. The molecule has 0 bridgehead atoms. The molecule has 0 fully saturated rings. The lowest BCUT2D eigenvalue weighted by Gasteiger charge is -2.13. The fourth-order valence-electron chi connectivity index (χ4n) is 7.48. The highest BCUT2D eigenvalue weighted by Gasteiger charge is 2.16. The predicted molar refractivity (Wildman–Crippen MR) is 200 cm³/mol. The Hall–Kier alpha value is -5.70. The first-order valence-corrected chi connectivity index (χ1v) is 16.6. The number of rotatable bonds is 3. The van der Waals surface area contributed by atoms with Crippen LogP contribution in [-0.2, 0) is 0 Å². The van der Waals surface area contributed by atoms with Gasteiger partial charge >= 0.3 is 0 Å². The Morgan fingerprint density at radius 1 is 0.370 bits per heavy atom. The Kier molecular flexibility index (Phi) is 5.51. The summed E-state index contributed by atoms with van der Waals surface area (Å²) in [6.07, 6.45) is 0. The molecule has 0 radical (unpaired) electrons. The predicted octanol–water partition coefficient (Wildman–Crippen LogP) is 12.8. The lowest BCUT2D eigenvalue weighted by atomic mass is 9.93. The summed E-state index contributed by atoms with van der Waals surface area (Å²) in [5, 5.41) is 10.4. The Bertz CT molecular complexity index is 2800. The van der Waals surface area contributed by atoms with Crippen LogP contribution < -0.4 is 0 Å². The largest absolute Gasteiger partial charge is 0.309 e. The van der Waals surface area contributed by atoms with Gasteiger partial charge in [-0.2, -0.15) is 0 Å². The second kappa shape index (κ2) is 9.90. The monoisotopic (exact) mass is 601 g/mol. The normalized spacial score (nSPS) is 11.9. The van der Waals surface area contributed by atoms with Crippen LogP contribution in [0.25, 0.3) is 91.5 Å². The van der Waals surface area contributed by atoms with Crippen molar-refractivity contribution in [2.45, 2.75) is 0 Å². The summed E-state index contributed by atoms with van der Waals surface area (Å²) in [6.45, 7) is 0.